The molecular weight excluding hydrogens is 324 g/mol. The largest absolute Gasteiger partial charge is 0.462 e. The summed E-state index contributed by atoms with van der Waals surface area (Å²) in [4.78, 5) is 13.1. The van der Waals surface area contributed by atoms with Crippen LogP contribution >= 0.6 is 27.3 Å². The Balaban J connectivity index is 2.22. The van der Waals surface area contributed by atoms with Crippen molar-refractivity contribution < 1.29 is 9.53 Å². The summed E-state index contributed by atoms with van der Waals surface area (Å²) < 4.78 is 6.24. The number of ether oxygens (including phenoxy) is 1. The second kappa shape index (κ2) is 7.25. The number of rotatable bonds is 4. The monoisotopic (exact) mass is 342 g/mol. The number of hydrogen-bond donors (Lipinski definition) is 0. The van der Waals surface area contributed by atoms with Gasteiger partial charge in [0.1, 0.15) is 0 Å². The van der Waals surface area contributed by atoms with E-state index >= 15 is 0 Å². The quantitative estimate of drug-likeness (QED) is 0.566. The molecule has 104 valence electrons. The van der Waals surface area contributed by atoms with Crippen LogP contribution in [0.4, 0.5) is 0 Å². The molecule has 0 unspecified atom stereocenters. The predicted molar refractivity (Wildman–Crippen MR) is 83.2 cm³/mol. The lowest BCUT2D eigenvalue weighted by molar-refractivity contribution is -0.136. The van der Waals surface area contributed by atoms with Crippen molar-refractivity contribution in [2.24, 2.45) is 5.92 Å². The van der Waals surface area contributed by atoms with E-state index in [0.717, 1.165) is 14.2 Å². The van der Waals surface area contributed by atoms with E-state index in [1.165, 1.54) is 32.1 Å². The first kappa shape index (κ1) is 14.8. The molecule has 0 saturated heterocycles. The molecule has 0 N–H and O–H groups in total. The van der Waals surface area contributed by atoms with Gasteiger partial charge in [0.05, 0.1) is 16.0 Å². The molecule has 0 spiro atoms. The molecule has 1 aromatic heterocycles. The van der Waals surface area contributed by atoms with Crippen LogP contribution in [0.15, 0.2) is 22.0 Å². The van der Waals surface area contributed by atoms with E-state index < -0.39 is 0 Å². The maximum absolute atomic E-state index is 12.1. The van der Waals surface area contributed by atoms with Gasteiger partial charge in [0.25, 0.3) is 0 Å². The summed E-state index contributed by atoms with van der Waals surface area (Å²) in [7, 11) is 0. The van der Waals surface area contributed by atoms with Crippen LogP contribution in [0.3, 0.4) is 0 Å². The van der Waals surface area contributed by atoms with Crippen molar-refractivity contribution in [2.45, 2.75) is 39.0 Å². The van der Waals surface area contributed by atoms with Gasteiger partial charge in [-0.25, -0.2) is 4.79 Å². The van der Waals surface area contributed by atoms with Crippen LogP contribution < -0.4 is 0 Å². The Labute approximate surface area is 127 Å². The van der Waals surface area contributed by atoms with Crippen molar-refractivity contribution in [3.8, 4) is 0 Å². The van der Waals surface area contributed by atoms with E-state index in [-0.39, 0.29) is 5.97 Å². The molecule has 2 rings (SSSR count). The van der Waals surface area contributed by atoms with Crippen LogP contribution in [0.5, 0.6) is 0 Å². The van der Waals surface area contributed by atoms with Crippen molar-refractivity contribution in [1.82, 2.24) is 0 Å². The number of esters is 1. The predicted octanol–water partition coefficient (Wildman–Crippen LogP) is 5.04. The molecule has 0 aromatic carbocycles. The summed E-state index contributed by atoms with van der Waals surface area (Å²) in [6.45, 7) is 2.27. The van der Waals surface area contributed by atoms with Crippen LogP contribution in [0.1, 0.15) is 43.9 Å². The van der Waals surface area contributed by atoms with Crippen LogP contribution in [0, 0.1) is 5.92 Å². The summed E-state index contributed by atoms with van der Waals surface area (Å²) in [5.41, 5.74) is 0.740. The Morgan fingerprint density at radius 3 is 2.74 bits per heavy atom. The van der Waals surface area contributed by atoms with Gasteiger partial charge in [0.2, 0.25) is 0 Å². The maximum atomic E-state index is 12.1. The molecule has 1 aromatic rings. The molecule has 0 atom stereocenters. The fourth-order valence-corrected chi connectivity index (χ4v) is 3.85. The lowest BCUT2D eigenvalue weighted by Crippen LogP contribution is -2.10. The van der Waals surface area contributed by atoms with Crippen molar-refractivity contribution in [1.29, 1.82) is 0 Å². The zero-order valence-electron chi connectivity index (χ0n) is 11.2. The summed E-state index contributed by atoms with van der Waals surface area (Å²) in [6, 6.07) is 3.97. The highest BCUT2D eigenvalue weighted by Crippen LogP contribution is 2.32. The third-order valence-electron chi connectivity index (χ3n) is 3.39. The Morgan fingerprint density at radius 2 is 2.16 bits per heavy atom. The minimum Gasteiger partial charge on any atom is -0.462 e. The van der Waals surface area contributed by atoms with Crippen LogP contribution in [0.2, 0.25) is 0 Å². The summed E-state index contributed by atoms with van der Waals surface area (Å²) in [5, 5.41) is 0. The average Bonchev–Trinajstić information content (AvgIpc) is 2.84. The molecule has 0 amide bonds. The molecule has 0 radical (unpaired) electrons. The second-order valence-electron chi connectivity index (χ2n) is 4.80. The molecule has 1 aliphatic rings. The van der Waals surface area contributed by atoms with Crippen molar-refractivity contribution in [3.63, 3.8) is 0 Å². The molecular formula is C15H19BrO2S. The Hall–Kier alpha value is -0.610. The number of halogens is 1. The van der Waals surface area contributed by atoms with Crippen LogP contribution in [-0.4, -0.2) is 12.6 Å². The second-order valence-corrected chi connectivity index (χ2v) is 7.27. The SMILES string of the molecule is CCOC(=O)/C(=C\C1CCCCC1)c1ccc(Br)s1. The van der Waals surface area contributed by atoms with Gasteiger partial charge in [-0.05, 0) is 53.7 Å². The lowest BCUT2D eigenvalue weighted by Gasteiger charge is -2.19. The zero-order chi connectivity index (χ0) is 13.7. The number of allylic oxidation sites excluding steroid dienone is 1. The summed E-state index contributed by atoms with van der Waals surface area (Å²) in [6.07, 6.45) is 8.38. The topological polar surface area (TPSA) is 26.3 Å². The van der Waals surface area contributed by atoms with Gasteiger partial charge in [-0.2, -0.15) is 0 Å². The van der Waals surface area contributed by atoms with E-state index in [2.05, 4.69) is 22.0 Å². The third-order valence-corrected chi connectivity index (χ3v) is 5.04. The van der Waals surface area contributed by atoms with Crippen molar-refractivity contribution in [2.75, 3.05) is 6.61 Å². The van der Waals surface area contributed by atoms with E-state index in [9.17, 15) is 4.79 Å². The highest BCUT2D eigenvalue weighted by Gasteiger charge is 2.19. The molecule has 1 heterocycles. The number of hydrogen-bond acceptors (Lipinski definition) is 3. The summed E-state index contributed by atoms with van der Waals surface area (Å²) >= 11 is 5.04. The summed E-state index contributed by atoms with van der Waals surface area (Å²) in [5.74, 6) is 0.330. The standard InChI is InChI=1S/C15H19BrO2S/c1-2-18-15(17)12(13-8-9-14(16)19-13)10-11-6-4-3-5-7-11/h8-11H,2-7H2,1H3/b12-10-. The molecule has 0 aliphatic heterocycles. The van der Waals surface area contributed by atoms with Gasteiger partial charge in [-0.1, -0.05) is 25.3 Å². The van der Waals surface area contributed by atoms with E-state index in [1.54, 1.807) is 11.3 Å². The molecule has 1 fully saturated rings. The molecule has 19 heavy (non-hydrogen) atoms. The fraction of sp³-hybridized carbons (Fsp3) is 0.533. The first-order chi connectivity index (χ1) is 9.20. The first-order valence-corrected chi connectivity index (χ1v) is 8.46. The van der Waals surface area contributed by atoms with Gasteiger partial charge in [-0.15, -0.1) is 11.3 Å². The van der Waals surface area contributed by atoms with Gasteiger partial charge < -0.3 is 4.74 Å². The van der Waals surface area contributed by atoms with E-state index in [4.69, 9.17) is 4.74 Å². The first-order valence-electron chi connectivity index (χ1n) is 6.85. The minimum atomic E-state index is -0.192. The maximum Gasteiger partial charge on any atom is 0.339 e. The molecule has 1 saturated carbocycles. The van der Waals surface area contributed by atoms with Crippen molar-refractivity contribution in [3.05, 3.63) is 26.9 Å². The molecule has 2 nitrogen and oxygen atoms in total. The van der Waals surface area contributed by atoms with Gasteiger partial charge >= 0.3 is 5.97 Å². The van der Waals surface area contributed by atoms with Gasteiger partial charge in [0, 0.05) is 4.88 Å². The Kier molecular flexibility index (Phi) is 5.64. The smallest absolute Gasteiger partial charge is 0.339 e. The molecule has 4 heteroatoms. The number of carbonyl (C=O) groups excluding carboxylic acids is 1. The van der Waals surface area contributed by atoms with Gasteiger partial charge in [-0.3, -0.25) is 0 Å². The zero-order valence-corrected chi connectivity index (χ0v) is 13.6. The van der Waals surface area contributed by atoms with Crippen molar-refractivity contribution >= 4 is 38.8 Å². The van der Waals surface area contributed by atoms with E-state index in [0.29, 0.717) is 12.5 Å². The molecule has 0 bridgehead atoms. The van der Waals surface area contributed by atoms with Crippen LogP contribution in [-0.2, 0) is 9.53 Å². The minimum absolute atomic E-state index is 0.192. The average molecular weight is 343 g/mol. The fourth-order valence-electron chi connectivity index (χ4n) is 2.46. The Bertz CT molecular complexity index is 458. The number of thiophene rings is 1. The normalized spacial score (nSPS) is 17.5. The third kappa shape index (κ3) is 4.18. The van der Waals surface area contributed by atoms with Gasteiger partial charge in [0.15, 0.2) is 0 Å². The van der Waals surface area contributed by atoms with E-state index in [1.807, 2.05) is 19.1 Å². The number of carbonyl (C=O) groups is 1. The lowest BCUT2D eigenvalue weighted by atomic mass is 9.87. The highest BCUT2D eigenvalue weighted by atomic mass is 79.9. The highest BCUT2D eigenvalue weighted by molar-refractivity contribution is 9.11. The Morgan fingerprint density at radius 1 is 1.42 bits per heavy atom. The molecule has 1 aliphatic carbocycles. The van der Waals surface area contributed by atoms with Crippen LogP contribution in [0.25, 0.3) is 5.57 Å².